The Morgan fingerprint density at radius 1 is 1.22 bits per heavy atom. The molecule has 0 amide bonds. The molecule has 7 nitrogen and oxygen atoms in total. The van der Waals surface area contributed by atoms with Gasteiger partial charge in [0.25, 0.3) is 0 Å². The average Bonchev–Trinajstić information content (AvgIpc) is 3.49. The van der Waals surface area contributed by atoms with Crippen molar-refractivity contribution in [3.05, 3.63) is 53.1 Å². The van der Waals surface area contributed by atoms with Crippen molar-refractivity contribution in [1.29, 1.82) is 0 Å². The molecular formula is C29H36N4O3. The number of hydrogen-bond donors (Lipinski definition) is 4. The molecule has 1 saturated heterocycles. The van der Waals surface area contributed by atoms with Crippen LogP contribution < -0.4 is 5.73 Å². The van der Waals surface area contributed by atoms with E-state index in [0.29, 0.717) is 18.3 Å². The number of nitrogen functional groups attached to an aromatic ring is 1. The number of anilines is 1. The number of likely N-dealkylation sites (N-methyl/N-ethyl adjacent to an activating group) is 1. The zero-order valence-corrected chi connectivity index (χ0v) is 21.5. The summed E-state index contributed by atoms with van der Waals surface area (Å²) in [6.07, 6.45) is 8.75. The average molecular weight is 489 g/mol. The number of allylic oxidation sites excluding steroid dienone is 3. The Bertz CT molecular complexity index is 1370. The van der Waals surface area contributed by atoms with E-state index < -0.39 is 17.8 Å². The summed E-state index contributed by atoms with van der Waals surface area (Å²) in [6.45, 7) is 4.71. The van der Waals surface area contributed by atoms with Crippen molar-refractivity contribution in [3.8, 4) is 0 Å². The number of benzene rings is 1. The number of aliphatic hydroxyl groups excluding tert-OH is 2. The number of aliphatic hydroxyl groups is 2. The number of fused-ring (bicyclic) bond motifs is 2. The Balaban J connectivity index is 1.33. The van der Waals surface area contributed by atoms with Gasteiger partial charge in [-0.05, 0) is 80.1 Å². The third-order valence-electron chi connectivity index (χ3n) is 10.5. The van der Waals surface area contributed by atoms with Gasteiger partial charge in [-0.15, -0.1) is 0 Å². The molecule has 2 spiro atoms. The monoisotopic (exact) mass is 488 g/mol. The highest BCUT2D eigenvalue weighted by molar-refractivity contribution is 5.84. The van der Waals surface area contributed by atoms with Gasteiger partial charge < -0.3 is 30.6 Å². The lowest BCUT2D eigenvalue weighted by molar-refractivity contribution is -0.165. The number of nitrogens with two attached hydrogens (primary N) is 1. The highest BCUT2D eigenvalue weighted by Gasteiger charge is 2.68. The molecule has 8 atom stereocenters. The molecule has 2 bridgehead atoms. The normalized spacial score (nSPS) is 43.1. The summed E-state index contributed by atoms with van der Waals surface area (Å²) >= 11 is 0. The van der Waals surface area contributed by atoms with Crippen molar-refractivity contribution in [2.45, 2.75) is 69.0 Å². The number of imidazole rings is 1. The van der Waals surface area contributed by atoms with Crippen LogP contribution in [-0.4, -0.2) is 68.6 Å². The molecule has 0 radical (unpaired) electrons. The van der Waals surface area contributed by atoms with E-state index in [1.165, 1.54) is 16.7 Å². The van der Waals surface area contributed by atoms with Crippen molar-refractivity contribution < 1.29 is 14.9 Å². The fraction of sp³-hybridized carbons (Fsp3) is 0.552. The second-order valence-electron chi connectivity index (χ2n) is 12.2. The molecule has 7 rings (SSSR count). The maximum Gasteiger partial charge on any atom is 0.198 e. The number of hydrogen-bond acceptors (Lipinski definition) is 6. The molecule has 8 unspecified atom stereocenters. The first-order valence-corrected chi connectivity index (χ1v) is 13.2. The molecule has 1 aromatic carbocycles. The number of rotatable bonds is 2. The molecule has 2 aromatic rings. The van der Waals surface area contributed by atoms with E-state index >= 15 is 0 Å². The summed E-state index contributed by atoms with van der Waals surface area (Å²) in [7, 11) is 3.95. The van der Waals surface area contributed by atoms with Gasteiger partial charge in [-0.2, -0.15) is 0 Å². The topological polar surface area (TPSA) is 108 Å². The molecule has 1 saturated carbocycles. The van der Waals surface area contributed by atoms with Crippen LogP contribution in [0.5, 0.6) is 0 Å². The molecular weight excluding hydrogens is 452 g/mol. The number of aromatic nitrogens is 2. The summed E-state index contributed by atoms with van der Waals surface area (Å²) in [5.74, 6) is 1.03. The molecule has 3 heterocycles. The zero-order chi connectivity index (χ0) is 25.2. The molecule has 3 aliphatic carbocycles. The standard InChI is InChI=1S/C29H36N4O3/c1-15-11-17-13-19-24(34)25(35)22(33(3)4)14-28(19)9-10-29(17,36-28)23-8-6-18(27(15,23)2)16-5-7-20-21(12-16)32-26(30)31-20/h5-7,11-13,15,22-25,34-35H,8-10,14H2,1-4H3,(H3,30,31,32). The van der Waals surface area contributed by atoms with E-state index in [2.05, 4.69) is 60.2 Å². The van der Waals surface area contributed by atoms with Crippen LogP contribution in [0.3, 0.4) is 0 Å². The smallest absolute Gasteiger partial charge is 0.198 e. The van der Waals surface area contributed by atoms with E-state index in [1.54, 1.807) is 0 Å². The summed E-state index contributed by atoms with van der Waals surface area (Å²) < 4.78 is 7.26. The molecule has 1 aromatic heterocycles. The molecule has 2 fully saturated rings. The third kappa shape index (κ3) is 2.64. The Labute approximate surface area is 211 Å². The molecule has 5 aliphatic rings. The lowest BCUT2D eigenvalue weighted by Gasteiger charge is -2.57. The van der Waals surface area contributed by atoms with Crippen LogP contribution in [0.1, 0.15) is 45.1 Å². The summed E-state index contributed by atoms with van der Waals surface area (Å²) in [5, 5.41) is 22.1. The highest BCUT2D eigenvalue weighted by atomic mass is 16.5. The van der Waals surface area contributed by atoms with Gasteiger partial charge >= 0.3 is 0 Å². The number of aromatic amines is 1. The first-order chi connectivity index (χ1) is 17.1. The van der Waals surface area contributed by atoms with Crippen molar-refractivity contribution in [1.82, 2.24) is 14.9 Å². The lowest BCUT2D eigenvalue weighted by atomic mass is 9.54. The van der Waals surface area contributed by atoms with E-state index in [4.69, 9.17) is 10.5 Å². The molecule has 36 heavy (non-hydrogen) atoms. The summed E-state index contributed by atoms with van der Waals surface area (Å²) in [4.78, 5) is 9.59. The lowest BCUT2D eigenvalue weighted by Crippen LogP contribution is -2.62. The van der Waals surface area contributed by atoms with Gasteiger partial charge in [0.05, 0.1) is 28.3 Å². The third-order valence-corrected chi connectivity index (χ3v) is 10.5. The first-order valence-electron chi connectivity index (χ1n) is 13.2. The van der Waals surface area contributed by atoms with Gasteiger partial charge in [0.2, 0.25) is 0 Å². The van der Waals surface area contributed by atoms with Crippen molar-refractivity contribution in [2.24, 2.45) is 17.3 Å². The minimum Gasteiger partial charge on any atom is -0.388 e. The van der Waals surface area contributed by atoms with Gasteiger partial charge in [-0.3, -0.25) is 0 Å². The molecule has 5 N–H and O–H groups in total. The summed E-state index contributed by atoms with van der Waals surface area (Å²) in [6, 6.07) is 6.26. The Kier molecular flexibility index (Phi) is 4.48. The maximum atomic E-state index is 11.2. The quantitative estimate of drug-likeness (QED) is 0.516. The van der Waals surface area contributed by atoms with Crippen LogP contribution in [0, 0.1) is 17.3 Å². The van der Waals surface area contributed by atoms with E-state index in [1.807, 2.05) is 19.0 Å². The molecule has 2 aliphatic heterocycles. The largest absolute Gasteiger partial charge is 0.388 e. The van der Waals surface area contributed by atoms with Crippen molar-refractivity contribution in [2.75, 3.05) is 19.8 Å². The number of nitrogens with one attached hydrogen (secondary N) is 1. The van der Waals surface area contributed by atoms with Crippen LogP contribution in [0.4, 0.5) is 5.95 Å². The number of H-pyrrole nitrogens is 1. The second kappa shape index (κ2) is 7.10. The van der Waals surface area contributed by atoms with Crippen LogP contribution in [0.15, 0.2) is 47.6 Å². The van der Waals surface area contributed by atoms with Gasteiger partial charge in [0.15, 0.2) is 5.95 Å². The SMILES string of the molecule is CC1C=C2C=C3C(O)C(O)C(N(C)C)CC34CCC2(O4)C2CC=C(c3ccc4nc(N)[nH]c4c3)C12C. The predicted molar refractivity (Wildman–Crippen MR) is 140 cm³/mol. The minimum atomic E-state index is -0.905. The van der Waals surface area contributed by atoms with Crippen LogP contribution in [-0.2, 0) is 4.74 Å². The van der Waals surface area contributed by atoms with E-state index in [9.17, 15) is 10.2 Å². The van der Waals surface area contributed by atoms with E-state index in [-0.39, 0.29) is 23.0 Å². The maximum absolute atomic E-state index is 11.2. The first kappa shape index (κ1) is 22.7. The van der Waals surface area contributed by atoms with Gasteiger partial charge in [0, 0.05) is 17.4 Å². The predicted octanol–water partition coefficient (Wildman–Crippen LogP) is 3.41. The summed E-state index contributed by atoms with van der Waals surface area (Å²) in [5.41, 5.74) is 11.4. The fourth-order valence-corrected chi connectivity index (χ4v) is 8.45. The van der Waals surface area contributed by atoms with Gasteiger partial charge in [-0.25, -0.2) is 4.98 Å². The van der Waals surface area contributed by atoms with Crippen LogP contribution >= 0.6 is 0 Å². The highest BCUT2D eigenvalue weighted by Crippen LogP contribution is 2.69. The number of ether oxygens (including phenoxy) is 1. The molecule has 7 heteroatoms. The zero-order valence-electron chi connectivity index (χ0n) is 21.5. The van der Waals surface area contributed by atoms with Crippen LogP contribution in [0.25, 0.3) is 16.6 Å². The Hall–Kier alpha value is -2.45. The van der Waals surface area contributed by atoms with Crippen LogP contribution in [0.2, 0.25) is 0 Å². The molecule has 190 valence electrons. The van der Waals surface area contributed by atoms with Crippen molar-refractivity contribution in [3.63, 3.8) is 0 Å². The van der Waals surface area contributed by atoms with Gasteiger partial charge in [-0.1, -0.05) is 38.1 Å². The van der Waals surface area contributed by atoms with Crippen molar-refractivity contribution >= 4 is 22.6 Å². The fourth-order valence-electron chi connectivity index (χ4n) is 8.45. The minimum absolute atomic E-state index is 0.0899. The second-order valence-corrected chi connectivity index (χ2v) is 12.2. The van der Waals surface area contributed by atoms with E-state index in [0.717, 1.165) is 35.9 Å². The Morgan fingerprint density at radius 3 is 2.81 bits per heavy atom. The Morgan fingerprint density at radius 2 is 2.03 bits per heavy atom. The van der Waals surface area contributed by atoms with Gasteiger partial charge in [0.1, 0.15) is 6.10 Å². The number of nitrogens with zero attached hydrogens (tertiary/aromatic N) is 2.